The minimum absolute atomic E-state index is 0.0315. The van der Waals surface area contributed by atoms with E-state index in [1.807, 2.05) is 12.1 Å². The predicted molar refractivity (Wildman–Crippen MR) is 116 cm³/mol. The maximum atomic E-state index is 12.6. The van der Waals surface area contributed by atoms with Crippen LogP contribution in [0.15, 0.2) is 48.8 Å². The number of Topliss-reactive ketones (excluding diaryl/α,β-unsaturated/α-hetero) is 1. The van der Waals surface area contributed by atoms with Crippen molar-refractivity contribution in [3.63, 3.8) is 0 Å². The molecule has 1 aromatic heterocycles. The molecule has 1 aliphatic rings. The van der Waals surface area contributed by atoms with E-state index in [1.54, 1.807) is 36.7 Å². The molecule has 0 bridgehead atoms. The van der Waals surface area contributed by atoms with Crippen molar-refractivity contribution in [2.45, 2.75) is 12.8 Å². The number of amides is 1. The lowest BCUT2D eigenvalue weighted by Crippen LogP contribution is -2.38. The van der Waals surface area contributed by atoms with Gasteiger partial charge in [0.2, 0.25) is 0 Å². The summed E-state index contributed by atoms with van der Waals surface area (Å²) in [7, 11) is 0. The van der Waals surface area contributed by atoms with Crippen LogP contribution < -0.4 is 5.32 Å². The first-order valence-electron chi connectivity index (χ1n) is 9.97. The summed E-state index contributed by atoms with van der Waals surface area (Å²) in [6, 6.07) is 12.5. The Morgan fingerprint density at radius 3 is 2.70 bits per heavy atom. The average molecular weight is 427 g/mol. The molecule has 30 heavy (non-hydrogen) atoms. The fourth-order valence-corrected chi connectivity index (χ4v) is 3.83. The van der Waals surface area contributed by atoms with Crippen LogP contribution in [0.1, 0.15) is 23.2 Å². The number of halogens is 1. The molecule has 2 heterocycles. The Kier molecular flexibility index (Phi) is 6.30. The van der Waals surface area contributed by atoms with Gasteiger partial charge in [-0.05, 0) is 68.4 Å². The topological polar surface area (TPSA) is 87.3 Å². The van der Waals surface area contributed by atoms with E-state index in [4.69, 9.17) is 16.3 Å². The van der Waals surface area contributed by atoms with E-state index in [1.165, 1.54) is 0 Å². The van der Waals surface area contributed by atoms with Crippen LogP contribution in [0.4, 0.5) is 10.5 Å². The number of H-pyrrole nitrogens is 1. The number of fused-ring (bicyclic) bond motifs is 1. The van der Waals surface area contributed by atoms with Crippen molar-refractivity contribution in [3.05, 3.63) is 59.4 Å². The van der Waals surface area contributed by atoms with Gasteiger partial charge in [0.05, 0.1) is 17.4 Å². The van der Waals surface area contributed by atoms with E-state index in [-0.39, 0.29) is 11.7 Å². The highest BCUT2D eigenvalue weighted by Crippen LogP contribution is 2.22. The van der Waals surface area contributed by atoms with Gasteiger partial charge in [-0.2, -0.15) is 0 Å². The molecule has 2 aromatic carbocycles. The van der Waals surface area contributed by atoms with Gasteiger partial charge < -0.3 is 9.72 Å². The van der Waals surface area contributed by atoms with Crippen LogP contribution in [0.2, 0.25) is 5.02 Å². The molecule has 8 heteroatoms. The molecule has 0 aliphatic carbocycles. The smallest absolute Gasteiger partial charge is 0.411 e. The van der Waals surface area contributed by atoms with Crippen LogP contribution in [0.25, 0.3) is 11.0 Å². The zero-order chi connectivity index (χ0) is 20.9. The van der Waals surface area contributed by atoms with Gasteiger partial charge in [-0.25, -0.2) is 9.78 Å². The first-order valence-corrected chi connectivity index (χ1v) is 10.4. The monoisotopic (exact) mass is 426 g/mol. The standard InChI is InChI=1S/C22H23ClN4O3/c23-17-3-1-15(2-4-17)21(28)16-7-9-27(10-8-16)11-12-30-22(29)26-18-5-6-19-20(13-18)25-14-24-19/h1-6,13-14,16H,7-12H2,(H,24,25)(H,26,29). The summed E-state index contributed by atoms with van der Waals surface area (Å²) in [5.41, 5.74) is 3.06. The SMILES string of the molecule is O=C(Nc1ccc2nc[nH]c2c1)OCCN1CCC(C(=O)c2ccc(Cl)cc2)CC1. The second-order valence-electron chi connectivity index (χ2n) is 7.38. The van der Waals surface area contributed by atoms with Crippen molar-refractivity contribution in [1.82, 2.24) is 14.9 Å². The summed E-state index contributed by atoms with van der Waals surface area (Å²) in [4.78, 5) is 34.0. The summed E-state index contributed by atoms with van der Waals surface area (Å²) in [6.45, 7) is 2.57. The second-order valence-corrected chi connectivity index (χ2v) is 7.82. The van der Waals surface area contributed by atoms with Gasteiger partial charge in [0.15, 0.2) is 5.78 Å². The number of hydrogen-bond donors (Lipinski definition) is 2. The van der Waals surface area contributed by atoms with Crippen LogP contribution >= 0.6 is 11.6 Å². The first kappa shape index (κ1) is 20.4. The number of carbonyl (C=O) groups is 2. The van der Waals surface area contributed by atoms with Crippen LogP contribution in [0.5, 0.6) is 0 Å². The number of rotatable bonds is 6. The summed E-state index contributed by atoms with van der Waals surface area (Å²) in [6.07, 6.45) is 2.73. The molecule has 7 nitrogen and oxygen atoms in total. The minimum Gasteiger partial charge on any atom is -0.448 e. The number of aromatic amines is 1. The van der Waals surface area contributed by atoms with Crippen LogP contribution in [-0.2, 0) is 4.74 Å². The summed E-state index contributed by atoms with van der Waals surface area (Å²) in [5.74, 6) is 0.209. The Balaban J connectivity index is 1.18. The summed E-state index contributed by atoms with van der Waals surface area (Å²) < 4.78 is 5.30. The van der Waals surface area contributed by atoms with E-state index in [9.17, 15) is 9.59 Å². The Labute approximate surface area is 179 Å². The lowest BCUT2D eigenvalue weighted by Gasteiger charge is -2.31. The van der Waals surface area contributed by atoms with Gasteiger partial charge in [0, 0.05) is 28.7 Å². The third-order valence-corrected chi connectivity index (χ3v) is 5.65. The number of carbonyl (C=O) groups excluding carboxylic acids is 2. The van der Waals surface area contributed by atoms with Crippen molar-refractivity contribution < 1.29 is 14.3 Å². The lowest BCUT2D eigenvalue weighted by molar-refractivity contribution is 0.0813. The predicted octanol–water partition coefficient (Wildman–Crippen LogP) is 4.36. The molecule has 0 unspecified atom stereocenters. The fourth-order valence-electron chi connectivity index (χ4n) is 3.70. The highest BCUT2D eigenvalue weighted by Gasteiger charge is 2.25. The molecule has 1 saturated heterocycles. The number of anilines is 1. The molecule has 156 valence electrons. The van der Waals surface area contributed by atoms with Crippen molar-refractivity contribution in [3.8, 4) is 0 Å². The number of aromatic nitrogens is 2. The van der Waals surface area contributed by atoms with Gasteiger partial charge in [-0.15, -0.1) is 0 Å². The van der Waals surface area contributed by atoms with Crippen molar-refractivity contribution in [2.75, 3.05) is 31.6 Å². The van der Waals surface area contributed by atoms with Crippen molar-refractivity contribution in [1.29, 1.82) is 0 Å². The molecule has 0 atom stereocenters. The number of likely N-dealkylation sites (tertiary alicyclic amines) is 1. The second kappa shape index (κ2) is 9.28. The quantitative estimate of drug-likeness (QED) is 0.572. The fraction of sp³-hybridized carbons (Fsp3) is 0.318. The van der Waals surface area contributed by atoms with Crippen molar-refractivity contribution >= 4 is 40.2 Å². The Morgan fingerprint density at radius 1 is 1.17 bits per heavy atom. The van der Waals surface area contributed by atoms with E-state index >= 15 is 0 Å². The largest absolute Gasteiger partial charge is 0.448 e. The molecule has 0 spiro atoms. The van der Waals surface area contributed by atoms with E-state index in [2.05, 4.69) is 20.2 Å². The van der Waals surface area contributed by atoms with Crippen LogP contribution in [0, 0.1) is 5.92 Å². The third-order valence-electron chi connectivity index (χ3n) is 5.39. The van der Waals surface area contributed by atoms with Crippen LogP contribution in [-0.4, -0.2) is 53.0 Å². The molecule has 1 fully saturated rings. The highest BCUT2D eigenvalue weighted by molar-refractivity contribution is 6.30. The Bertz CT molecular complexity index is 1030. The van der Waals surface area contributed by atoms with Gasteiger partial charge in [-0.1, -0.05) is 11.6 Å². The molecular formula is C22H23ClN4O3. The maximum Gasteiger partial charge on any atom is 0.411 e. The third kappa shape index (κ3) is 4.98. The van der Waals surface area contributed by atoms with E-state index in [0.717, 1.165) is 37.0 Å². The molecule has 4 rings (SSSR count). The zero-order valence-electron chi connectivity index (χ0n) is 16.4. The summed E-state index contributed by atoms with van der Waals surface area (Å²) >= 11 is 5.89. The van der Waals surface area contributed by atoms with Gasteiger partial charge in [0.1, 0.15) is 6.61 Å². The molecule has 0 saturated carbocycles. The number of ketones is 1. The number of nitrogens with zero attached hydrogens (tertiary/aromatic N) is 2. The van der Waals surface area contributed by atoms with Gasteiger partial charge in [0.25, 0.3) is 0 Å². The Hall–Kier alpha value is -2.90. The highest BCUT2D eigenvalue weighted by atomic mass is 35.5. The van der Waals surface area contributed by atoms with E-state index in [0.29, 0.717) is 29.4 Å². The normalized spacial score (nSPS) is 15.2. The Morgan fingerprint density at radius 2 is 1.93 bits per heavy atom. The zero-order valence-corrected chi connectivity index (χ0v) is 17.2. The first-order chi connectivity index (χ1) is 14.6. The number of benzene rings is 2. The van der Waals surface area contributed by atoms with Gasteiger partial charge >= 0.3 is 6.09 Å². The number of imidazole rings is 1. The van der Waals surface area contributed by atoms with E-state index < -0.39 is 6.09 Å². The number of piperidine rings is 1. The number of nitrogens with one attached hydrogen (secondary N) is 2. The van der Waals surface area contributed by atoms with Crippen molar-refractivity contribution in [2.24, 2.45) is 5.92 Å². The molecule has 2 N–H and O–H groups in total. The minimum atomic E-state index is -0.485. The van der Waals surface area contributed by atoms with Crippen LogP contribution in [0.3, 0.4) is 0 Å². The molecule has 0 radical (unpaired) electrons. The summed E-state index contributed by atoms with van der Waals surface area (Å²) in [5, 5.41) is 3.36. The lowest BCUT2D eigenvalue weighted by atomic mass is 9.89. The molecule has 1 aliphatic heterocycles. The number of ether oxygens (including phenoxy) is 1. The molecule has 3 aromatic rings. The maximum absolute atomic E-state index is 12.6. The average Bonchev–Trinajstić information content (AvgIpc) is 3.22. The molecule has 1 amide bonds. The molecular weight excluding hydrogens is 404 g/mol. The number of hydrogen-bond acceptors (Lipinski definition) is 5. The van der Waals surface area contributed by atoms with Gasteiger partial charge in [-0.3, -0.25) is 15.0 Å².